The summed E-state index contributed by atoms with van der Waals surface area (Å²) in [5.74, 6) is 0.613. The second-order valence-electron chi connectivity index (χ2n) is 5.48. The summed E-state index contributed by atoms with van der Waals surface area (Å²) in [6, 6.07) is 13.8. The molecule has 0 amide bonds. The average Bonchev–Trinajstić information content (AvgIpc) is 3.05. The Balaban J connectivity index is 2.12. The van der Waals surface area contributed by atoms with Gasteiger partial charge in [0.25, 0.3) is 0 Å². The minimum absolute atomic E-state index is 0.219. The first-order chi connectivity index (χ1) is 12.0. The third kappa shape index (κ3) is 2.48. The zero-order valence-corrected chi connectivity index (χ0v) is 13.1. The summed E-state index contributed by atoms with van der Waals surface area (Å²) in [6.07, 6.45) is -3.17. The number of fused-ring (bicyclic) bond motifs is 3. The van der Waals surface area contributed by atoms with Crippen LogP contribution < -0.4 is 4.74 Å². The Hall–Kier alpha value is -3.09. The first-order valence-corrected chi connectivity index (χ1v) is 7.47. The summed E-state index contributed by atoms with van der Waals surface area (Å²) in [5, 5.41) is 0. The van der Waals surface area contributed by atoms with E-state index in [0.717, 1.165) is 0 Å². The number of rotatable bonds is 2. The van der Waals surface area contributed by atoms with Gasteiger partial charge in [-0.15, -0.1) is 0 Å². The number of imidazole rings is 1. The van der Waals surface area contributed by atoms with Crippen molar-refractivity contribution in [3.8, 4) is 17.0 Å². The third-order valence-corrected chi connectivity index (χ3v) is 3.96. The largest absolute Gasteiger partial charge is 0.497 e. The van der Waals surface area contributed by atoms with Crippen LogP contribution in [0, 0.1) is 0 Å². The molecule has 0 unspecified atom stereocenters. The van der Waals surface area contributed by atoms with Gasteiger partial charge in [0, 0.05) is 5.56 Å². The molecule has 2 heterocycles. The zero-order chi connectivity index (χ0) is 17.6. The summed E-state index contributed by atoms with van der Waals surface area (Å²) in [5.41, 5.74) is 0.837. The number of benzene rings is 2. The molecular weight excluding hydrogens is 331 g/mol. The molecule has 0 bridgehead atoms. The highest BCUT2D eigenvalue weighted by Gasteiger charge is 2.37. The molecule has 4 rings (SSSR count). The molecule has 0 spiro atoms. The first-order valence-electron chi connectivity index (χ1n) is 7.47. The summed E-state index contributed by atoms with van der Waals surface area (Å²) in [7, 11) is 1.54. The monoisotopic (exact) mass is 343 g/mol. The van der Waals surface area contributed by atoms with Gasteiger partial charge < -0.3 is 4.74 Å². The summed E-state index contributed by atoms with van der Waals surface area (Å²) >= 11 is 0. The Morgan fingerprint density at radius 3 is 2.60 bits per heavy atom. The van der Waals surface area contributed by atoms with Crippen molar-refractivity contribution in [2.75, 3.05) is 7.11 Å². The molecule has 0 aliphatic rings. The maximum Gasteiger partial charge on any atom is 0.437 e. The van der Waals surface area contributed by atoms with E-state index in [1.807, 2.05) is 0 Å². The van der Waals surface area contributed by atoms with Crippen LogP contribution in [0.4, 0.5) is 13.2 Å². The predicted molar refractivity (Wildman–Crippen MR) is 87.5 cm³/mol. The average molecular weight is 343 g/mol. The lowest BCUT2D eigenvalue weighted by Crippen LogP contribution is -2.11. The number of hydrogen-bond acceptors (Lipinski definition) is 3. The molecular formula is C18H12F3N3O. The van der Waals surface area contributed by atoms with Crippen LogP contribution in [-0.2, 0) is 6.18 Å². The van der Waals surface area contributed by atoms with E-state index in [4.69, 9.17) is 4.74 Å². The second-order valence-corrected chi connectivity index (χ2v) is 5.48. The molecule has 0 saturated carbocycles. The van der Waals surface area contributed by atoms with E-state index in [2.05, 4.69) is 9.97 Å². The Bertz CT molecular complexity index is 1090. The van der Waals surface area contributed by atoms with E-state index in [1.54, 1.807) is 48.5 Å². The highest BCUT2D eigenvalue weighted by atomic mass is 19.4. The molecule has 0 saturated heterocycles. The van der Waals surface area contributed by atoms with Gasteiger partial charge in [-0.05, 0) is 24.3 Å². The number of nitrogens with zero attached hydrogens (tertiary/aromatic N) is 3. The van der Waals surface area contributed by atoms with E-state index < -0.39 is 11.9 Å². The predicted octanol–water partition coefficient (Wildman–Crippen LogP) is 4.58. The molecule has 4 aromatic rings. The van der Waals surface area contributed by atoms with Gasteiger partial charge in [0.1, 0.15) is 5.75 Å². The summed E-state index contributed by atoms with van der Waals surface area (Å²) in [6.45, 7) is 0. The molecule has 0 aliphatic carbocycles. The van der Waals surface area contributed by atoms with Gasteiger partial charge in [0.05, 0.1) is 30.0 Å². The molecule has 2 aromatic heterocycles. The third-order valence-electron chi connectivity index (χ3n) is 3.96. The minimum atomic E-state index is -4.59. The normalized spacial score (nSPS) is 12.0. The van der Waals surface area contributed by atoms with Crippen molar-refractivity contribution in [1.82, 2.24) is 14.4 Å². The lowest BCUT2D eigenvalue weighted by atomic mass is 10.1. The molecule has 0 radical (unpaired) electrons. The van der Waals surface area contributed by atoms with E-state index >= 15 is 0 Å². The van der Waals surface area contributed by atoms with Crippen molar-refractivity contribution in [2.45, 2.75) is 6.18 Å². The number of hydrogen-bond donors (Lipinski definition) is 0. The molecule has 25 heavy (non-hydrogen) atoms. The quantitative estimate of drug-likeness (QED) is 0.535. The molecule has 0 atom stereocenters. The minimum Gasteiger partial charge on any atom is -0.497 e. The maximum absolute atomic E-state index is 13.4. The molecule has 0 aliphatic heterocycles. The number of ether oxygens (including phenoxy) is 1. The fourth-order valence-corrected chi connectivity index (χ4v) is 2.86. The molecule has 2 aromatic carbocycles. The van der Waals surface area contributed by atoms with Gasteiger partial charge >= 0.3 is 6.18 Å². The van der Waals surface area contributed by atoms with Gasteiger partial charge in [0.2, 0.25) is 0 Å². The topological polar surface area (TPSA) is 39.4 Å². The molecule has 126 valence electrons. The highest BCUT2D eigenvalue weighted by Crippen LogP contribution is 2.35. The molecule has 0 fully saturated rings. The maximum atomic E-state index is 13.4. The fourth-order valence-electron chi connectivity index (χ4n) is 2.86. The molecule has 0 N–H and O–H groups in total. The van der Waals surface area contributed by atoms with Crippen LogP contribution in [0.15, 0.2) is 54.7 Å². The number of aromatic nitrogens is 3. The fraction of sp³-hybridized carbons (Fsp3) is 0.111. The van der Waals surface area contributed by atoms with Crippen LogP contribution in [0.25, 0.3) is 27.9 Å². The van der Waals surface area contributed by atoms with Gasteiger partial charge in [-0.2, -0.15) is 13.2 Å². The van der Waals surface area contributed by atoms with Gasteiger partial charge in [0.15, 0.2) is 11.3 Å². The van der Waals surface area contributed by atoms with E-state index in [0.29, 0.717) is 22.5 Å². The van der Waals surface area contributed by atoms with E-state index in [1.165, 1.54) is 17.7 Å². The number of para-hydroxylation sites is 2. The van der Waals surface area contributed by atoms with Crippen molar-refractivity contribution in [2.24, 2.45) is 0 Å². The van der Waals surface area contributed by atoms with Crippen molar-refractivity contribution in [3.63, 3.8) is 0 Å². The SMILES string of the molecule is COc1cccc(-c2cnc3c(C(F)(F)F)nc4ccccc4n23)c1. The Kier molecular flexibility index (Phi) is 3.38. The summed E-state index contributed by atoms with van der Waals surface area (Å²) < 4.78 is 47.0. The smallest absolute Gasteiger partial charge is 0.437 e. The Morgan fingerprint density at radius 1 is 1.04 bits per heavy atom. The van der Waals surface area contributed by atoms with E-state index in [-0.39, 0.29) is 11.2 Å². The van der Waals surface area contributed by atoms with E-state index in [9.17, 15) is 13.2 Å². The van der Waals surface area contributed by atoms with Crippen LogP contribution in [0.5, 0.6) is 5.75 Å². The van der Waals surface area contributed by atoms with Gasteiger partial charge in [-0.25, -0.2) is 9.97 Å². The van der Waals surface area contributed by atoms with Crippen LogP contribution in [0.2, 0.25) is 0 Å². The van der Waals surface area contributed by atoms with Gasteiger partial charge in [-0.1, -0.05) is 24.3 Å². The van der Waals surface area contributed by atoms with Crippen molar-refractivity contribution < 1.29 is 17.9 Å². The zero-order valence-electron chi connectivity index (χ0n) is 13.1. The number of halogens is 3. The second kappa shape index (κ2) is 5.47. The number of alkyl halides is 3. The number of methoxy groups -OCH3 is 1. The van der Waals surface area contributed by atoms with Crippen molar-refractivity contribution >= 4 is 16.7 Å². The Morgan fingerprint density at radius 2 is 1.84 bits per heavy atom. The lowest BCUT2D eigenvalue weighted by molar-refractivity contribution is -0.139. The lowest BCUT2D eigenvalue weighted by Gasteiger charge is -2.12. The standard InChI is InChI=1S/C18H12F3N3O/c1-25-12-6-4-5-11(9-12)15-10-22-17-16(18(19,20)21)23-13-7-2-3-8-14(13)24(15)17/h2-10H,1H3. The summed E-state index contributed by atoms with van der Waals surface area (Å²) in [4.78, 5) is 7.79. The van der Waals surface area contributed by atoms with Crippen LogP contribution in [0.1, 0.15) is 5.69 Å². The Labute approximate surface area is 140 Å². The van der Waals surface area contributed by atoms with Crippen LogP contribution in [0.3, 0.4) is 0 Å². The highest BCUT2D eigenvalue weighted by molar-refractivity contribution is 5.82. The molecule has 7 heteroatoms. The van der Waals surface area contributed by atoms with Crippen molar-refractivity contribution in [3.05, 3.63) is 60.4 Å². The first kappa shape index (κ1) is 15.4. The van der Waals surface area contributed by atoms with Crippen LogP contribution in [-0.4, -0.2) is 21.5 Å². The van der Waals surface area contributed by atoms with Gasteiger partial charge in [-0.3, -0.25) is 4.40 Å². The van der Waals surface area contributed by atoms with Crippen molar-refractivity contribution in [1.29, 1.82) is 0 Å². The molecule has 4 nitrogen and oxygen atoms in total. The van der Waals surface area contributed by atoms with Crippen LogP contribution >= 0.6 is 0 Å².